The third kappa shape index (κ3) is 1.87. The van der Waals surface area contributed by atoms with Crippen LogP contribution in [0.15, 0.2) is 24.5 Å². The predicted molar refractivity (Wildman–Crippen MR) is 68.7 cm³/mol. The van der Waals surface area contributed by atoms with Gasteiger partial charge in [-0.15, -0.1) is 6.58 Å². The molecule has 2 nitrogen and oxygen atoms in total. The lowest BCUT2D eigenvalue weighted by molar-refractivity contribution is 0.295. The van der Waals surface area contributed by atoms with Crippen molar-refractivity contribution >= 4 is 8.32 Å². The van der Waals surface area contributed by atoms with Crippen molar-refractivity contribution in [1.29, 1.82) is 0 Å². The van der Waals surface area contributed by atoms with E-state index < -0.39 is 8.32 Å². The minimum atomic E-state index is -1.52. The number of epoxide rings is 1. The topological polar surface area (TPSA) is 21.8 Å². The molecule has 1 heterocycles. The van der Waals surface area contributed by atoms with E-state index in [4.69, 9.17) is 9.16 Å². The zero-order chi connectivity index (χ0) is 11.8. The van der Waals surface area contributed by atoms with Crippen LogP contribution in [0.3, 0.4) is 0 Å². The van der Waals surface area contributed by atoms with Gasteiger partial charge in [0.1, 0.15) is 18.0 Å². The van der Waals surface area contributed by atoms with Gasteiger partial charge in [-0.3, -0.25) is 0 Å². The number of hydrogen-bond acceptors (Lipinski definition) is 2. The first kappa shape index (κ1) is 11.9. The largest absolute Gasteiger partial charge is 0.545 e. The Kier molecular flexibility index (Phi) is 3.26. The van der Waals surface area contributed by atoms with E-state index in [1.54, 1.807) is 0 Å². The quantitative estimate of drug-likeness (QED) is 0.401. The molecule has 0 aromatic carbocycles. The fourth-order valence-corrected chi connectivity index (χ4v) is 5.15. The summed E-state index contributed by atoms with van der Waals surface area (Å²) in [4.78, 5) is 0. The summed E-state index contributed by atoms with van der Waals surface area (Å²) >= 11 is 0. The summed E-state index contributed by atoms with van der Waals surface area (Å²) < 4.78 is 12.0. The van der Waals surface area contributed by atoms with Gasteiger partial charge >= 0.3 is 0 Å². The predicted octanol–water partition coefficient (Wildman–Crippen LogP) is 3.48. The van der Waals surface area contributed by atoms with Gasteiger partial charge < -0.3 is 9.16 Å². The minimum Gasteiger partial charge on any atom is -0.545 e. The molecule has 0 spiro atoms. The molecule has 2 rings (SSSR count). The maximum atomic E-state index is 6.36. The van der Waals surface area contributed by atoms with Crippen LogP contribution in [-0.4, -0.2) is 20.5 Å². The van der Waals surface area contributed by atoms with Crippen LogP contribution in [0.1, 0.15) is 20.8 Å². The fourth-order valence-electron chi connectivity index (χ4n) is 2.54. The Hall–Kier alpha value is -0.543. The van der Waals surface area contributed by atoms with E-state index in [0.717, 1.165) is 5.76 Å². The van der Waals surface area contributed by atoms with Crippen LogP contribution in [0.4, 0.5) is 0 Å². The van der Waals surface area contributed by atoms with Crippen LogP contribution in [0.2, 0.25) is 18.1 Å². The van der Waals surface area contributed by atoms with Crippen molar-refractivity contribution in [1.82, 2.24) is 0 Å². The zero-order valence-electron chi connectivity index (χ0n) is 10.5. The Morgan fingerprint density at radius 1 is 1.38 bits per heavy atom. The molecule has 0 radical (unpaired) electrons. The highest BCUT2D eigenvalue weighted by atomic mass is 28.4. The molecule has 0 N–H and O–H groups in total. The highest BCUT2D eigenvalue weighted by Gasteiger charge is 2.53. The molecule has 0 bridgehead atoms. The second-order valence-corrected chi connectivity index (χ2v) is 9.44. The Labute approximate surface area is 99.5 Å². The third-order valence-corrected chi connectivity index (χ3v) is 8.62. The zero-order valence-corrected chi connectivity index (χ0v) is 11.5. The van der Waals surface area contributed by atoms with E-state index in [9.17, 15) is 0 Å². The summed E-state index contributed by atoms with van der Waals surface area (Å²) in [7, 11) is -1.52. The Balaban J connectivity index is 2.07. The van der Waals surface area contributed by atoms with Crippen molar-refractivity contribution in [3.63, 3.8) is 0 Å². The number of rotatable bonds is 6. The molecule has 0 aromatic heterocycles. The van der Waals surface area contributed by atoms with Gasteiger partial charge in [0.15, 0.2) is 0 Å². The summed E-state index contributed by atoms with van der Waals surface area (Å²) in [5.74, 6) is 1.48. The lowest BCUT2D eigenvalue weighted by Gasteiger charge is -2.29. The second kappa shape index (κ2) is 4.38. The molecule has 0 unspecified atom stereocenters. The van der Waals surface area contributed by atoms with Crippen LogP contribution in [0.5, 0.6) is 0 Å². The highest BCUT2D eigenvalue weighted by molar-refractivity contribution is 6.73. The first-order chi connectivity index (χ1) is 7.69. The molecule has 0 amide bonds. The maximum Gasteiger partial charge on any atom is 0.250 e. The average Bonchev–Trinajstić information content (AvgIpc) is 3.05. The molecule has 0 saturated carbocycles. The van der Waals surface area contributed by atoms with Crippen molar-refractivity contribution < 1.29 is 9.16 Å². The van der Waals surface area contributed by atoms with E-state index in [1.165, 1.54) is 18.1 Å². The van der Waals surface area contributed by atoms with Gasteiger partial charge in [-0.25, -0.2) is 0 Å². The van der Waals surface area contributed by atoms with Crippen molar-refractivity contribution in [2.75, 3.05) is 0 Å². The van der Waals surface area contributed by atoms with E-state index in [1.807, 2.05) is 6.08 Å². The van der Waals surface area contributed by atoms with E-state index in [-0.39, 0.29) is 6.10 Å². The van der Waals surface area contributed by atoms with Crippen LogP contribution >= 0.6 is 0 Å². The molecule has 1 aliphatic carbocycles. The van der Waals surface area contributed by atoms with E-state index >= 15 is 0 Å². The number of ether oxygens (including phenoxy) is 1. The maximum absolute atomic E-state index is 6.36. The monoisotopic (exact) mass is 238 g/mol. The van der Waals surface area contributed by atoms with E-state index in [0.29, 0.717) is 12.0 Å². The smallest absolute Gasteiger partial charge is 0.250 e. The molecule has 1 fully saturated rings. The molecule has 0 aromatic rings. The Morgan fingerprint density at radius 3 is 2.44 bits per heavy atom. The van der Waals surface area contributed by atoms with Crippen molar-refractivity contribution in [3.8, 4) is 0 Å². The second-order valence-electron chi connectivity index (χ2n) is 4.75. The molecule has 2 aliphatic rings. The summed E-state index contributed by atoms with van der Waals surface area (Å²) in [6.45, 7) is 10.6. The van der Waals surface area contributed by atoms with Crippen LogP contribution in [0, 0.1) is 5.92 Å². The first-order valence-corrected chi connectivity index (χ1v) is 8.91. The van der Waals surface area contributed by atoms with Gasteiger partial charge in [-0.05, 0) is 24.2 Å². The summed E-state index contributed by atoms with van der Waals surface area (Å²) in [5.41, 5.74) is 0. The van der Waals surface area contributed by atoms with Crippen LogP contribution in [-0.2, 0) is 9.16 Å². The number of hydrogen-bond donors (Lipinski definition) is 0. The molecule has 1 saturated heterocycles. The van der Waals surface area contributed by atoms with Crippen LogP contribution < -0.4 is 0 Å². The Morgan fingerprint density at radius 2 is 2.00 bits per heavy atom. The molecular formula is C13H22O2Si. The molecule has 3 heteroatoms. The van der Waals surface area contributed by atoms with Crippen molar-refractivity contribution in [3.05, 3.63) is 24.5 Å². The van der Waals surface area contributed by atoms with Gasteiger partial charge in [0.25, 0.3) is 0 Å². The molecular weight excluding hydrogens is 216 g/mol. The lowest BCUT2D eigenvalue weighted by atomic mass is 10.1. The van der Waals surface area contributed by atoms with Crippen LogP contribution in [0.25, 0.3) is 0 Å². The lowest BCUT2D eigenvalue weighted by Crippen LogP contribution is -2.36. The minimum absolute atomic E-state index is 0.250. The standard InChI is InChI=1S/C13H22O2Si/c1-5-10-9-11(13-12(10)14-13)15-16(6-2,7-3)8-4/h5,9-10,12-13H,1,6-8H2,2-4H3/t10-,12+,13-/m1/s1. The van der Waals surface area contributed by atoms with Gasteiger partial charge in [-0.2, -0.15) is 0 Å². The van der Waals surface area contributed by atoms with Gasteiger partial charge in [-0.1, -0.05) is 26.8 Å². The highest BCUT2D eigenvalue weighted by Crippen LogP contribution is 2.45. The van der Waals surface area contributed by atoms with Crippen molar-refractivity contribution in [2.45, 2.75) is 51.1 Å². The molecule has 1 aliphatic heterocycles. The Bertz CT molecular complexity index is 299. The fraction of sp³-hybridized carbons (Fsp3) is 0.692. The van der Waals surface area contributed by atoms with E-state index in [2.05, 4.69) is 33.4 Å². The molecule has 90 valence electrons. The third-order valence-electron chi connectivity index (χ3n) is 4.08. The van der Waals surface area contributed by atoms with Crippen molar-refractivity contribution in [2.24, 2.45) is 5.92 Å². The average molecular weight is 238 g/mol. The molecule has 16 heavy (non-hydrogen) atoms. The SMILES string of the molecule is C=C[C@@H]1C=C(O[Si](CC)(CC)CC)[C@H]2O[C@@H]12. The number of fused-ring (bicyclic) bond motifs is 1. The summed E-state index contributed by atoms with van der Waals surface area (Å²) in [6, 6.07) is 3.56. The molecule has 3 atom stereocenters. The normalized spacial score (nSPS) is 31.9. The van der Waals surface area contributed by atoms with Gasteiger partial charge in [0.05, 0.1) is 0 Å². The van der Waals surface area contributed by atoms with Gasteiger partial charge in [0.2, 0.25) is 8.32 Å². The van der Waals surface area contributed by atoms with Gasteiger partial charge in [0, 0.05) is 5.92 Å². The summed E-state index contributed by atoms with van der Waals surface area (Å²) in [6.07, 6.45) is 4.77. The first-order valence-electron chi connectivity index (χ1n) is 6.38. The summed E-state index contributed by atoms with van der Waals surface area (Å²) in [5, 5.41) is 0.